The Labute approximate surface area is 146 Å². The van der Waals surface area contributed by atoms with Crippen LogP contribution in [0.2, 0.25) is 5.15 Å². The van der Waals surface area contributed by atoms with E-state index in [1.54, 1.807) is 6.07 Å². The lowest BCUT2D eigenvalue weighted by molar-refractivity contribution is 0.334. The van der Waals surface area contributed by atoms with E-state index in [1.807, 2.05) is 32.0 Å². The Morgan fingerprint density at radius 1 is 1.29 bits per heavy atom. The fourth-order valence-electron chi connectivity index (χ4n) is 1.96. The summed E-state index contributed by atoms with van der Waals surface area (Å²) in [6.45, 7) is 5.15. The summed E-state index contributed by atoms with van der Waals surface area (Å²) in [6.07, 6.45) is 0. The number of aryl methyl sites for hydroxylation is 1. The summed E-state index contributed by atoms with van der Waals surface area (Å²) < 4.78 is 7.65. The van der Waals surface area contributed by atoms with Crippen LogP contribution in [-0.2, 0) is 6.54 Å². The number of anilines is 1. The first-order valence-electron chi connectivity index (χ1n) is 6.49. The van der Waals surface area contributed by atoms with Gasteiger partial charge in [0.05, 0.1) is 22.5 Å². The monoisotopic (exact) mass is 432 g/mol. The minimum atomic E-state index is 0.498. The van der Waals surface area contributed by atoms with Crippen molar-refractivity contribution >= 4 is 49.1 Å². The summed E-state index contributed by atoms with van der Waals surface area (Å²) in [6, 6.07) is 7.72. The Hall–Kier alpha value is -0.780. The van der Waals surface area contributed by atoms with Gasteiger partial charge in [-0.1, -0.05) is 27.5 Å². The molecule has 2 aromatic rings. The van der Waals surface area contributed by atoms with Crippen LogP contribution in [0.4, 0.5) is 5.69 Å². The quantitative estimate of drug-likeness (QED) is 0.624. The molecule has 112 valence electrons. The van der Waals surface area contributed by atoms with Crippen LogP contribution in [0.15, 0.2) is 33.2 Å². The predicted molar refractivity (Wildman–Crippen MR) is 94.3 cm³/mol. The summed E-state index contributed by atoms with van der Waals surface area (Å²) in [5.74, 6) is 0.854. The fraction of sp³-hybridized carbons (Fsp3) is 0.267. The predicted octanol–water partition coefficient (Wildman–Crippen LogP) is 5.58. The zero-order valence-corrected chi connectivity index (χ0v) is 15.6. The number of benzene rings is 1. The fourth-order valence-corrected chi connectivity index (χ4v) is 3.58. The Kier molecular flexibility index (Phi) is 5.90. The number of hydrogen-bond donors (Lipinski definition) is 1. The van der Waals surface area contributed by atoms with Crippen molar-refractivity contribution in [1.82, 2.24) is 4.98 Å². The molecule has 0 amide bonds. The molecule has 3 nitrogen and oxygen atoms in total. The molecular weight excluding hydrogens is 419 g/mol. The summed E-state index contributed by atoms with van der Waals surface area (Å²) in [5, 5.41) is 3.87. The van der Waals surface area contributed by atoms with Crippen LogP contribution in [0.3, 0.4) is 0 Å². The Bertz CT molecular complexity index is 650. The van der Waals surface area contributed by atoms with Gasteiger partial charge in [0.25, 0.3) is 0 Å². The molecule has 0 bridgehead atoms. The van der Waals surface area contributed by atoms with Gasteiger partial charge in [-0.25, -0.2) is 4.98 Å². The first kappa shape index (κ1) is 16.6. The molecule has 6 heteroatoms. The minimum Gasteiger partial charge on any atom is -0.492 e. The van der Waals surface area contributed by atoms with Crippen molar-refractivity contribution in [3.8, 4) is 5.75 Å². The van der Waals surface area contributed by atoms with Crippen LogP contribution in [0.25, 0.3) is 0 Å². The SMILES string of the molecule is CCOc1c(Br)cc(Br)cc1CNc1ccc(Cl)nc1C. The molecule has 1 N–H and O–H groups in total. The number of rotatable bonds is 5. The maximum Gasteiger partial charge on any atom is 0.138 e. The highest BCUT2D eigenvalue weighted by molar-refractivity contribution is 9.11. The van der Waals surface area contributed by atoms with Crippen molar-refractivity contribution in [3.63, 3.8) is 0 Å². The number of nitrogens with zero attached hydrogens (tertiary/aromatic N) is 1. The van der Waals surface area contributed by atoms with Gasteiger partial charge in [-0.05, 0) is 54.0 Å². The van der Waals surface area contributed by atoms with Crippen molar-refractivity contribution in [2.24, 2.45) is 0 Å². The average Bonchev–Trinajstić information content (AvgIpc) is 2.41. The molecule has 1 heterocycles. The lowest BCUT2D eigenvalue weighted by Gasteiger charge is -2.15. The number of aromatic nitrogens is 1. The van der Waals surface area contributed by atoms with E-state index in [1.165, 1.54) is 0 Å². The molecule has 0 unspecified atom stereocenters. The zero-order valence-electron chi connectivity index (χ0n) is 11.7. The number of ether oxygens (including phenoxy) is 1. The Balaban J connectivity index is 2.22. The molecule has 0 aliphatic heterocycles. The highest BCUT2D eigenvalue weighted by atomic mass is 79.9. The smallest absolute Gasteiger partial charge is 0.138 e. The van der Waals surface area contributed by atoms with Crippen molar-refractivity contribution in [1.29, 1.82) is 0 Å². The van der Waals surface area contributed by atoms with Crippen LogP contribution in [0.1, 0.15) is 18.2 Å². The molecular formula is C15H15Br2ClN2O. The van der Waals surface area contributed by atoms with E-state index in [9.17, 15) is 0 Å². The normalized spacial score (nSPS) is 10.5. The molecule has 21 heavy (non-hydrogen) atoms. The number of nitrogens with one attached hydrogen (secondary N) is 1. The first-order valence-corrected chi connectivity index (χ1v) is 8.45. The molecule has 0 aliphatic rings. The van der Waals surface area contributed by atoms with Gasteiger partial charge in [0.2, 0.25) is 0 Å². The number of hydrogen-bond acceptors (Lipinski definition) is 3. The van der Waals surface area contributed by atoms with Gasteiger partial charge >= 0.3 is 0 Å². The van der Waals surface area contributed by atoms with Gasteiger partial charge in [0.15, 0.2) is 0 Å². The van der Waals surface area contributed by atoms with Crippen LogP contribution < -0.4 is 10.1 Å². The van der Waals surface area contributed by atoms with E-state index in [0.717, 1.165) is 31.6 Å². The van der Waals surface area contributed by atoms with Gasteiger partial charge in [-0.2, -0.15) is 0 Å². The molecule has 0 saturated carbocycles. The molecule has 0 spiro atoms. The van der Waals surface area contributed by atoms with E-state index < -0.39 is 0 Å². The van der Waals surface area contributed by atoms with Gasteiger partial charge < -0.3 is 10.1 Å². The van der Waals surface area contributed by atoms with Gasteiger partial charge in [0.1, 0.15) is 10.9 Å². The third kappa shape index (κ3) is 4.34. The van der Waals surface area contributed by atoms with Crippen LogP contribution >= 0.6 is 43.5 Å². The summed E-state index contributed by atoms with van der Waals surface area (Å²) >= 11 is 12.9. The van der Waals surface area contributed by atoms with Crippen molar-refractivity contribution in [2.75, 3.05) is 11.9 Å². The zero-order chi connectivity index (χ0) is 15.4. The topological polar surface area (TPSA) is 34.1 Å². The molecule has 0 fully saturated rings. The maximum absolute atomic E-state index is 5.87. The number of pyridine rings is 1. The second-order valence-corrected chi connectivity index (χ2v) is 6.59. The third-order valence-corrected chi connectivity index (χ3v) is 4.15. The molecule has 0 radical (unpaired) electrons. The van der Waals surface area contributed by atoms with Crippen molar-refractivity contribution in [3.05, 3.63) is 49.6 Å². The Morgan fingerprint density at radius 3 is 2.71 bits per heavy atom. The highest BCUT2D eigenvalue weighted by Crippen LogP contribution is 2.33. The second-order valence-electron chi connectivity index (χ2n) is 4.43. The molecule has 1 aromatic carbocycles. The summed E-state index contributed by atoms with van der Waals surface area (Å²) in [7, 11) is 0. The summed E-state index contributed by atoms with van der Waals surface area (Å²) in [5.41, 5.74) is 2.89. The van der Waals surface area contributed by atoms with Gasteiger partial charge in [0, 0.05) is 16.6 Å². The van der Waals surface area contributed by atoms with E-state index in [2.05, 4.69) is 42.2 Å². The van der Waals surface area contributed by atoms with Gasteiger partial charge in [-0.3, -0.25) is 0 Å². The van der Waals surface area contributed by atoms with Crippen LogP contribution in [0, 0.1) is 6.92 Å². The lowest BCUT2D eigenvalue weighted by atomic mass is 10.2. The van der Waals surface area contributed by atoms with E-state index >= 15 is 0 Å². The van der Waals surface area contributed by atoms with E-state index in [4.69, 9.17) is 16.3 Å². The van der Waals surface area contributed by atoms with Crippen molar-refractivity contribution < 1.29 is 4.74 Å². The maximum atomic E-state index is 5.87. The second kappa shape index (κ2) is 7.47. The molecule has 2 rings (SSSR count). The number of halogens is 3. The first-order chi connectivity index (χ1) is 10.0. The molecule has 1 aromatic heterocycles. The summed E-state index contributed by atoms with van der Waals surface area (Å²) in [4.78, 5) is 4.23. The van der Waals surface area contributed by atoms with Crippen LogP contribution in [0.5, 0.6) is 5.75 Å². The largest absolute Gasteiger partial charge is 0.492 e. The minimum absolute atomic E-state index is 0.498. The molecule has 0 atom stereocenters. The lowest BCUT2D eigenvalue weighted by Crippen LogP contribution is -2.05. The Morgan fingerprint density at radius 2 is 2.05 bits per heavy atom. The van der Waals surface area contributed by atoms with Crippen LogP contribution in [-0.4, -0.2) is 11.6 Å². The highest BCUT2D eigenvalue weighted by Gasteiger charge is 2.10. The van der Waals surface area contributed by atoms with Crippen molar-refractivity contribution in [2.45, 2.75) is 20.4 Å². The molecule has 0 aliphatic carbocycles. The standard InChI is InChI=1S/C15H15Br2ClN2O/c1-3-21-15-10(6-11(16)7-12(15)17)8-19-13-4-5-14(18)20-9(13)2/h4-7,19H,3,8H2,1-2H3. The third-order valence-electron chi connectivity index (χ3n) is 2.90. The van der Waals surface area contributed by atoms with E-state index in [0.29, 0.717) is 18.3 Å². The average molecular weight is 435 g/mol. The van der Waals surface area contributed by atoms with E-state index in [-0.39, 0.29) is 0 Å². The molecule has 0 saturated heterocycles. The van der Waals surface area contributed by atoms with Gasteiger partial charge in [-0.15, -0.1) is 0 Å².